The van der Waals surface area contributed by atoms with Crippen LogP contribution in [0.1, 0.15) is 15.9 Å². The standard InChI is InChI=1S/C12H9BrN4O/c13-11-4-10(7-15-8-11)12(18)17-16-6-9-2-1-3-14-5-9/h1-8H,(H,17,18). The molecule has 0 aliphatic rings. The van der Waals surface area contributed by atoms with Crippen LogP contribution in [0.25, 0.3) is 0 Å². The predicted octanol–water partition coefficient (Wildman–Crippen LogP) is 2.00. The van der Waals surface area contributed by atoms with E-state index in [4.69, 9.17) is 0 Å². The number of hydrogen-bond donors (Lipinski definition) is 1. The van der Waals surface area contributed by atoms with Crippen molar-refractivity contribution in [3.8, 4) is 0 Å². The normalized spacial score (nSPS) is 10.5. The van der Waals surface area contributed by atoms with Crippen LogP contribution in [0.4, 0.5) is 0 Å². The Kier molecular flexibility index (Phi) is 4.14. The van der Waals surface area contributed by atoms with Gasteiger partial charge in [-0.1, -0.05) is 6.07 Å². The van der Waals surface area contributed by atoms with Gasteiger partial charge in [0.1, 0.15) is 0 Å². The smallest absolute Gasteiger partial charge is 0.267 e. The minimum absolute atomic E-state index is 0.316. The minimum Gasteiger partial charge on any atom is -0.267 e. The van der Waals surface area contributed by atoms with Gasteiger partial charge in [0.25, 0.3) is 5.91 Å². The zero-order valence-corrected chi connectivity index (χ0v) is 10.8. The highest BCUT2D eigenvalue weighted by Gasteiger charge is 2.04. The topological polar surface area (TPSA) is 67.2 Å². The van der Waals surface area contributed by atoms with E-state index in [1.54, 1.807) is 30.7 Å². The molecule has 0 atom stereocenters. The molecule has 2 rings (SSSR count). The fraction of sp³-hybridized carbons (Fsp3) is 0. The van der Waals surface area contributed by atoms with Crippen molar-refractivity contribution in [1.82, 2.24) is 15.4 Å². The summed E-state index contributed by atoms with van der Waals surface area (Å²) < 4.78 is 0.742. The lowest BCUT2D eigenvalue weighted by molar-refractivity contribution is 0.0954. The molecule has 0 saturated heterocycles. The molecule has 1 amide bonds. The Balaban J connectivity index is 1.99. The summed E-state index contributed by atoms with van der Waals surface area (Å²) in [5.74, 6) is -0.316. The molecule has 0 fully saturated rings. The molecule has 90 valence electrons. The van der Waals surface area contributed by atoms with Crippen LogP contribution in [-0.4, -0.2) is 22.1 Å². The zero-order valence-electron chi connectivity index (χ0n) is 9.25. The molecule has 0 saturated carbocycles. The summed E-state index contributed by atoms with van der Waals surface area (Å²) in [6, 6.07) is 5.30. The van der Waals surface area contributed by atoms with Crippen molar-refractivity contribution < 1.29 is 4.79 Å². The lowest BCUT2D eigenvalue weighted by Gasteiger charge is -1.99. The number of hydrogen-bond acceptors (Lipinski definition) is 4. The Morgan fingerprint density at radius 1 is 1.33 bits per heavy atom. The summed E-state index contributed by atoms with van der Waals surface area (Å²) >= 11 is 3.25. The van der Waals surface area contributed by atoms with Gasteiger partial charge in [-0.05, 0) is 28.1 Å². The summed E-state index contributed by atoms with van der Waals surface area (Å²) in [4.78, 5) is 19.5. The quantitative estimate of drug-likeness (QED) is 0.696. The van der Waals surface area contributed by atoms with Gasteiger partial charge < -0.3 is 0 Å². The van der Waals surface area contributed by atoms with E-state index in [1.165, 1.54) is 12.4 Å². The number of aromatic nitrogens is 2. The van der Waals surface area contributed by atoms with Crippen molar-refractivity contribution in [2.45, 2.75) is 0 Å². The highest BCUT2D eigenvalue weighted by molar-refractivity contribution is 9.10. The monoisotopic (exact) mass is 304 g/mol. The maximum absolute atomic E-state index is 11.7. The van der Waals surface area contributed by atoms with Gasteiger partial charge in [-0.3, -0.25) is 14.8 Å². The van der Waals surface area contributed by atoms with Crippen LogP contribution < -0.4 is 5.43 Å². The van der Waals surface area contributed by atoms with Crippen LogP contribution in [0.2, 0.25) is 0 Å². The number of rotatable bonds is 3. The van der Waals surface area contributed by atoms with Crippen LogP contribution in [0.15, 0.2) is 52.6 Å². The Bertz CT molecular complexity index is 571. The fourth-order valence-electron chi connectivity index (χ4n) is 1.22. The molecule has 0 radical (unpaired) electrons. The molecule has 2 aromatic rings. The van der Waals surface area contributed by atoms with E-state index in [0.29, 0.717) is 5.56 Å². The third-order valence-electron chi connectivity index (χ3n) is 2.03. The first-order valence-corrected chi connectivity index (χ1v) is 5.89. The summed E-state index contributed by atoms with van der Waals surface area (Å²) in [6.45, 7) is 0. The number of carbonyl (C=O) groups is 1. The van der Waals surface area contributed by atoms with Crippen molar-refractivity contribution in [1.29, 1.82) is 0 Å². The van der Waals surface area contributed by atoms with Crippen molar-refractivity contribution in [2.24, 2.45) is 5.10 Å². The summed E-state index contributed by atoms with van der Waals surface area (Å²) in [5, 5.41) is 3.84. The Morgan fingerprint density at radius 3 is 2.94 bits per heavy atom. The third-order valence-corrected chi connectivity index (χ3v) is 2.46. The van der Waals surface area contributed by atoms with Crippen molar-refractivity contribution in [2.75, 3.05) is 0 Å². The van der Waals surface area contributed by atoms with Crippen molar-refractivity contribution in [3.63, 3.8) is 0 Å². The molecule has 0 spiro atoms. The Morgan fingerprint density at radius 2 is 2.22 bits per heavy atom. The maximum Gasteiger partial charge on any atom is 0.272 e. The minimum atomic E-state index is -0.316. The molecular formula is C12H9BrN4O. The highest BCUT2D eigenvalue weighted by Crippen LogP contribution is 2.09. The second kappa shape index (κ2) is 6.02. The largest absolute Gasteiger partial charge is 0.272 e. The van der Waals surface area contributed by atoms with Gasteiger partial charge in [-0.15, -0.1) is 0 Å². The molecule has 0 aliphatic carbocycles. The van der Waals surface area contributed by atoms with Crippen LogP contribution in [0.3, 0.4) is 0 Å². The number of halogens is 1. The van der Waals surface area contributed by atoms with E-state index < -0.39 is 0 Å². The van der Waals surface area contributed by atoms with Gasteiger partial charge in [0, 0.05) is 34.8 Å². The number of amides is 1. The summed E-state index contributed by atoms with van der Waals surface area (Å²) in [5.41, 5.74) is 3.66. The van der Waals surface area contributed by atoms with Gasteiger partial charge in [0.15, 0.2) is 0 Å². The molecule has 0 unspecified atom stereocenters. The van der Waals surface area contributed by atoms with Gasteiger partial charge in [-0.2, -0.15) is 5.10 Å². The fourth-order valence-corrected chi connectivity index (χ4v) is 1.58. The number of nitrogens with zero attached hydrogens (tertiary/aromatic N) is 3. The molecule has 6 heteroatoms. The van der Waals surface area contributed by atoms with E-state index in [0.717, 1.165) is 10.0 Å². The van der Waals surface area contributed by atoms with Crippen molar-refractivity contribution >= 4 is 28.1 Å². The average Bonchev–Trinajstić information content (AvgIpc) is 2.40. The Hall–Kier alpha value is -2.08. The summed E-state index contributed by atoms with van der Waals surface area (Å²) in [7, 11) is 0. The number of carbonyl (C=O) groups excluding carboxylic acids is 1. The lowest BCUT2D eigenvalue weighted by atomic mass is 10.3. The van der Waals surface area contributed by atoms with Gasteiger partial charge in [-0.25, -0.2) is 5.43 Å². The molecular weight excluding hydrogens is 296 g/mol. The molecule has 2 heterocycles. The summed E-state index contributed by atoms with van der Waals surface area (Å²) in [6.07, 6.45) is 7.92. The molecule has 2 aromatic heterocycles. The van der Waals surface area contributed by atoms with Crippen LogP contribution in [0.5, 0.6) is 0 Å². The van der Waals surface area contributed by atoms with Crippen molar-refractivity contribution in [3.05, 3.63) is 58.6 Å². The van der Waals surface area contributed by atoms with Crippen LogP contribution in [-0.2, 0) is 0 Å². The molecule has 0 aromatic carbocycles. The third kappa shape index (κ3) is 3.46. The first-order chi connectivity index (χ1) is 8.75. The first kappa shape index (κ1) is 12.4. The second-order valence-electron chi connectivity index (χ2n) is 3.38. The molecule has 0 aliphatic heterocycles. The first-order valence-electron chi connectivity index (χ1n) is 5.10. The van der Waals surface area contributed by atoms with E-state index in [2.05, 4.69) is 36.4 Å². The molecule has 1 N–H and O–H groups in total. The van der Waals surface area contributed by atoms with E-state index in [1.807, 2.05) is 6.07 Å². The predicted molar refractivity (Wildman–Crippen MR) is 71.2 cm³/mol. The number of nitrogens with one attached hydrogen (secondary N) is 1. The molecule has 18 heavy (non-hydrogen) atoms. The van der Waals surface area contributed by atoms with Gasteiger partial charge in [0.05, 0.1) is 11.8 Å². The van der Waals surface area contributed by atoms with Crippen LogP contribution in [0, 0.1) is 0 Å². The highest BCUT2D eigenvalue weighted by atomic mass is 79.9. The SMILES string of the molecule is O=C(NN=Cc1cccnc1)c1cncc(Br)c1. The van der Waals surface area contributed by atoms with E-state index in [9.17, 15) is 4.79 Å². The Labute approximate surface area is 112 Å². The van der Waals surface area contributed by atoms with Crippen LogP contribution >= 0.6 is 15.9 Å². The van der Waals surface area contributed by atoms with Gasteiger partial charge >= 0.3 is 0 Å². The number of hydrazone groups is 1. The zero-order chi connectivity index (χ0) is 12.8. The van der Waals surface area contributed by atoms with E-state index in [-0.39, 0.29) is 5.91 Å². The lowest BCUT2D eigenvalue weighted by Crippen LogP contribution is -2.17. The van der Waals surface area contributed by atoms with Gasteiger partial charge in [0.2, 0.25) is 0 Å². The maximum atomic E-state index is 11.7. The number of pyridine rings is 2. The molecule has 5 nitrogen and oxygen atoms in total. The molecule has 0 bridgehead atoms. The second-order valence-corrected chi connectivity index (χ2v) is 4.29. The van der Waals surface area contributed by atoms with E-state index >= 15 is 0 Å². The average molecular weight is 305 g/mol.